The van der Waals surface area contributed by atoms with Crippen LogP contribution in [-0.2, 0) is 15.7 Å². The zero-order chi connectivity index (χ0) is 22.2. The van der Waals surface area contributed by atoms with E-state index < -0.39 is 27.7 Å². The van der Waals surface area contributed by atoms with Gasteiger partial charge in [0.05, 0.1) is 22.2 Å². The van der Waals surface area contributed by atoms with Crippen LogP contribution >= 0.6 is 22.6 Å². The molecule has 1 heterocycles. The van der Waals surface area contributed by atoms with E-state index in [-0.39, 0.29) is 12.7 Å². The Labute approximate surface area is 192 Å². The van der Waals surface area contributed by atoms with Gasteiger partial charge in [-0.2, -0.15) is 13.2 Å². The summed E-state index contributed by atoms with van der Waals surface area (Å²) in [4.78, 5) is 14.5. The van der Waals surface area contributed by atoms with Crippen LogP contribution in [-0.4, -0.2) is 24.7 Å². The van der Waals surface area contributed by atoms with E-state index in [9.17, 15) is 18.0 Å². The first-order chi connectivity index (χ1) is 14.8. The van der Waals surface area contributed by atoms with Crippen LogP contribution < -0.4 is 9.64 Å². The lowest BCUT2D eigenvalue weighted by Gasteiger charge is -2.27. The van der Waals surface area contributed by atoms with Gasteiger partial charge in [-0.1, -0.05) is 22.6 Å². The summed E-state index contributed by atoms with van der Waals surface area (Å²) in [5.41, 5.74) is 1.03. The van der Waals surface area contributed by atoms with Crippen LogP contribution in [0.2, 0.25) is 0 Å². The zero-order valence-corrected chi connectivity index (χ0v) is 19.2. The molecule has 1 aliphatic carbocycles. The summed E-state index contributed by atoms with van der Waals surface area (Å²) in [5, 5.41) is 0. The van der Waals surface area contributed by atoms with Crippen LogP contribution in [0.5, 0.6) is 5.75 Å². The summed E-state index contributed by atoms with van der Waals surface area (Å²) in [6.45, 7) is 1.91. The minimum Gasteiger partial charge on any atom is -0.490 e. The van der Waals surface area contributed by atoms with Gasteiger partial charge in [0, 0.05) is 11.4 Å². The number of nitrogens with zero attached hydrogens (tertiary/aromatic N) is 1. The maximum Gasteiger partial charge on any atom is 0.416 e. The lowest BCUT2D eigenvalue weighted by atomic mass is 10.1. The molecule has 2 unspecified atom stereocenters. The average molecular weight is 545 g/mol. The number of rotatable bonds is 5. The van der Waals surface area contributed by atoms with Crippen LogP contribution in [0.3, 0.4) is 0 Å². The Hall–Kier alpha value is -1.97. The summed E-state index contributed by atoms with van der Waals surface area (Å²) < 4.78 is 50.6. The van der Waals surface area contributed by atoms with Crippen molar-refractivity contribution >= 4 is 39.9 Å². The molecule has 2 aromatic rings. The zero-order valence-electron chi connectivity index (χ0n) is 17.0. The van der Waals surface area contributed by atoms with E-state index in [1.165, 1.54) is 18.9 Å². The monoisotopic (exact) mass is 545 g/mol. The quantitative estimate of drug-likeness (QED) is 0.242. The molecule has 4 rings (SSSR count). The third-order valence-corrected chi connectivity index (χ3v) is 7.07. The Morgan fingerprint density at radius 3 is 2.42 bits per heavy atom. The van der Waals surface area contributed by atoms with Crippen molar-refractivity contribution in [2.75, 3.05) is 11.5 Å². The fourth-order valence-electron chi connectivity index (χ4n) is 4.26. The van der Waals surface area contributed by atoms with Crippen molar-refractivity contribution in [1.82, 2.24) is 0 Å². The molecule has 0 saturated heterocycles. The largest absolute Gasteiger partial charge is 0.490 e. The normalized spacial score (nSPS) is 21.3. The fourth-order valence-corrected chi connectivity index (χ4v) is 5.37. The molecule has 2 atom stereocenters. The van der Waals surface area contributed by atoms with Crippen LogP contribution in [0.4, 0.5) is 24.5 Å². The lowest BCUT2D eigenvalue weighted by molar-refractivity contribution is -0.144. The highest BCUT2D eigenvalue weighted by Gasteiger charge is 2.45. The molecule has 0 bridgehead atoms. The molecule has 0 amide bonds. The summed E-state index contributed by atoms with van der Waals surface area (Å²) in [6, 6.07) is 10.3. The van der Waals surface area contributed by atoms with E-state index in [0.717, 1.165) is 30.7 Å². The molecule has 1 saturated carbocycles. The van der Waals surface area contributed by atoms with Gasteiger partial charge in [-0.25, -0.2) is 4.79 Å². The molecule has 4 nitrogen and oxygen atoms in total. The lowest BCUT2D eigenvalue weighted by Crippen LogP contribution is -2.37. The van der Waals surface area contributed by atoms with Gasteiger partial charge in [0.2, 0.25) is 0 Å². The van der Waals surface area contributed by atoms with Gasteiger partial charge in [0.1, 0.15) is 11.8 Å². The topological polar surface area (TPSA) is 38.8 Å². The van der Waals surface area contributed by atoms with Crippen molar-refractivity contribution < 1.29 is 27.4 Å². The highest BCUT2D eigenvalue weighted by Crippen LogP contribution is 2.50. The average Bonchev–Trinajstić information content (AvgIpc) is 3.34. The molecular weight excluding hydrogens is 522 g/mol. The Balaban J connectivity index is 1.69. The summed E-state index contributed by atoms with van der Waals surface area (Å²) in [5.74, 6) is 0.291. The van der Waals surface area contributed by atoms with Gasteiger partial charge < -0.3 is 14.4 Å². The first kappa shape index (κ1) is 22.2. The van der Waals surface area contributed by atoms with E-state index in [2.05, 4.69) is 0 Å². The van der Waals surface area contributed by atoms with E-state index in [0.29, 0.717) is 16.9 Å². The van der Waals surface area contributed by atoms with Gasteiger partial charge in [0.25, 0.3) is 0 Å². The summed E-state index contributed by atoms with van der Waals surface area (Å²) >= 11 is 2.03. The Bertz CT molecular complexity index is 942. The van der Waals surface area contributed by atoms with E-state index >= 15 is 0 Å². The van der Waals surface area contributed by atoms with Crippen molar-refractivity contribution in [2.24, 2.45) is 0 Å². The molecule has 166 valence electrons. The molecule has 0 radical (unpaired) electrons. The second-order valence-corrected chi connectivity index (χ2v) is 9.10. The predicted molar refractivity (Wildman–Crippen MR) is 120 cm³/mol. The Kier molecular flexibility index (Phi) is 6.37. The number of carbonyl (C=O) groups is 1. The fraction of sp³-hybridized carbons (Fsp3) is 0.435. The standard InChI is InChI=1S/C23H23F3INO3/c1-2-30-22(29)21-20(27)18-13-14(23(24,25)26)7-12-19(18)28(21)15-8-10-17(11-9-15)31-16-5-3-4-6-16/h7-13,16,20-21H,2-6H2,1H3. The smallest absolute Gasteiger partial charge is 0.416 e. The number of halogens is 4. The number of ether oxygens (including phenoxy) is 2. The van der Waals surface area contributed by atoms with Gasteiger partial charge in [-0.15, -0.1) is 0 Å². The second-order valence-electron chi connectivity index (χ2n) is 7.76. The molecule has 0 N–H and O–H groups in total. The number of anilines is 2. The van der Waals surface area contributed by atoms with Crippen molar-refractivity contribution in [3.05, 3.63) is 53.6 Å². The third-order valence-electron chi connectivity index (χ3n) is 5.71. The Morgan fingerprint density at radius 2 is 1.81 bits per heavy atom. The molecule has 8 heteroatoms. The number of hydrogen-bond acceptors (Lipinski definition) is 4. The molecule has 1 fully saturated rings. The summed E-state index contributed by atoms with van der Waals surface area (Å²) in [6.07, 6.45) is 0.216. The van der Waals surface area contributed by atoms with Crippen LogP contribution in [0.25, 0.3) is 0 Å². The SMILES string of the molecule is CCOC(=O)C1C(I)c2cc(C(F)(F)F)ccc2N1c1ccc(OC2CCCC2)cc1. The number of benzene rings is 2. The van der Waals surface area contributed by atoms with Crippen molar-refractivity contribution in [3.8, 4) is 5.75 Å². The molecule has 2 aliphatic rings. The molecular formula is C23H23F3INO3. The van der Waals surface area contributed by atoms with Crippen molar-refractivity contribution in [1.29, 1.82) is 0 Å². The maximum absolute atomic E-state index is 13.3. The Morgan fingerprint density at radius 1 is 1.13 bits per heavy atom. The third kappa shape index (κ3) is 4.49. The van der Waals surface area contributed by atoms with Crippen LogP contribution in [0.1, 0.15) is 47.7 Å². The maximum atomic E-state index is 13.3. The van der Waals surface area contributed by atoms with Crippen molar-refractivity contribution in [2.45, 2.75) is 54.9 Å². The molecule has 0 aromatic heterocycles. The number of fused-ring (bicyclic) bond motifs is 1. The van der Waals surface area contributed by atoms with E-state index in [1.54, 1.807) is 11.8 Å². The van der Waals surface area contributed by atoms with Gasteiger partial charge >= 0.3 is 12.1 Å². The minimum atomic E-state index is -4.45. The highest BCUT2D eigenvalue weighted by molar-refractivity contribution is 14.1. The number of alkyl halides is 4. The molecule has 31 heavy (non-hydrogen) atoms. The number of esters is 1. The van der Waals surface area contributed by atoms with Crippen molar-refractivity contribution in [3.63, 3.8) is 0 Å². The predicted octanol–water partition coefficient (Wildman–Crippen LogP) is 6.59. The minimum absolute atomic E-state index is 0.199. The van der Waals surface area contributed by atoms with E-state index in [1.807, 2.05) is 46.9 Å². The van der Waals surface area contributed by atoms with Gasteiger partial charge in [-0.3, -0.25) is 0 Å². The van der Waals surface area contributed by atoms with Crippen LogP contribution in [0.15, 0.2) is 42.5 Å². The highest BCUT2D eigenvalue weighted by atomic mass is 127. The molecule has 1 aliphatic heterocycles. The first-order valence-electron chi connectivity index (χ1n) is 10.4. The number of hydrogen-bond donors (Lipinski definition) is 0. The van der Waals surface area contributed by atoms with Gasteiger partial charge in [-0.05, 0) is 80.6 Å². The van der Waals surface area contributed by atoms with Gasteiger partial charge in [0.15, 0.2) is 0 Å². The summed E-state index contributed by atoms with van der Waals surface area (Å²) in [7, 11) is 0. The molecule has 2 aromatic carbocycles. The first-order valence-corrected chi connectivity index (χ1v) is 11.6. The second kappa shape index (κ2) is 8.88. The number of carbonyl (C=O) groups excluding carboxylic acids is 1. The van der Waals surface area contributed by atoms with E-state index in [4.69, 9.17) is 9.47 Å². The van der Waals surface area contributed by atoms with Crippen LogP contribution in [0, 0.1) is 0 Å². The molecule has 0 spiro atoms.